The van der Waals surface area contributed by atoms with Gasteiger partial charge >= 0.3 is 6.18 Å². The van der Waals surface area contributed by atoms with Crippen LogP contribution < -0.4 is 15.4 Å². The number of hydrogen-bond acceptors (Lipinski definition) is 4. The van der Waals surface area contributed by atoms with Crippen LogP contribution in [-0.4, -0.2) is 47.8 Å². The number of hydrogen-bond donors (Lipinski definition) is 2. The number of fused-ring (bicyclic) bond motifs is 1. The smallest absolute Gasteiger partial charge is 0.389 e. The molecule has 2 aromatic heterocycles. The minimum absolute atomic E-state index is 0.0866. The van der Waals surface area contributed by atoms with Gasteiger partial charge in [0.05, 0.1) is 31.6 Å². The van der Waals surface area contributed by atoms with E-state index in [0.29, 0.717) is 30.1 Å². The molecule has 3 heterocycles. The first-order valence-electron chi connectivity index (χ1n) is 12.4. The molecule has 0 bridgehead atoms. The summed E-state index contributed by atoms with van der Waals surface area (Å²) in [5.74, 6) is 0.263. The number of aromatic nitrogens is 2. The number of pyridine rings is 1. The van der Waals surface area contributed by atoms with Gasteiger partial charge in [0.25, 0.3) is 5.91 Å². The van der Waals surface area contributed by atoms with Crippen molar-refractivity contribution in [1.29, 1.82) is 0 Å². The zero-order valence-electron chi connectivity index (χ0n) is 21.4. The van der Waals surface area contributed by atoms with Gasteiger partial charge in [-0.3, -0.25) is 4.79 Å². The Balaban J connectivity index is 1.51. The largest absolute Gasteiger partial charge is 0.416 e. The number of β-amino-alcohol motifs (C(OH)–C–C–N with tert-alkyl or cyclic N) is 1. The maximum atomic E-state index is 13.8. The average Bonchev–Trinajstić information content (AvgIpc) is 3.20. The fraction of sp³-hybridized carbons (Fsp3) is 0.286. The Morgan fingerprint density at radius 3 is 2.45 bits per heavy atom. The van der Waals surface area contributed by atoms with Crippen LogP contribution in [0.1, 0.15) is 21.6 Å². The third-order valence-corrected chi connectivity index (χ3v) is 8.89. The topological polar surface area (TPSA) is 70.4 Å². The molecule has 0 unspecified atom stereocenters. The van der Waals surface area contributed by atoms with Crippen molar-refractivity contribution < 1.29 is 23.1 Å². The number of nitrogens with one attached hydrogen (secondary N) is 1. The van der Waals surface area contributed by atoms with E-state index in [1.165, 1.54) is 23.5 Å². The van der Waals surface area contributed by atoms with E-state index in [-0.39, 0.29) is 23.9 Å². The molecule has 38 heavy (non-hydrogen) atoms. The van der Waals surface area contributed by atoms with Gasteiger partial charge in [0.2, 0.25) is 0 Å². The van der Waals surface area contributed by atoms with Gasteiger partial charge in [-0.05, 0) is 35.9 Å². The molecule has 1 aliphatic rings. The third-order valence-electron chi connectivity index (χ3n) is 6.84. The molecule has 0 radical (unpaired) electrons. The highest BCUT2D eigenvalue weighted by molar-refractivity contribution is 6.88. The number of amides is 1. The molecule has 1 amide bonds. The zero-order chi connectivity index (χ0) is 27.2. The fourth-order valence-electron chi connectivity index (χ4n) is 4.69. The predicted molar refractivity (Wildman–Crippen MR) is 146 cm³/mol. The van der Waals surface area contributed by atoms with Crippen LogP contribution in [0.25, 0.3) is 10.9 Å². The molecule has 0 saturated carbocycles. The van der Waals surface area contributed by atoms with Crippen LogP contribution in [0.5, 0.6) is 0 Å². The summed E-state index contributed by atoms with van der Waals surface area (Å²) in [6.07, 6.45) is -3.33. The van der Waals surface area contributed by atoms with E-state index in [1.807, 2.05) is 23.1 Å². The Hall–Kier alpha value is -3.63. The van der Waals surface area contributed by atoms with Crippen LogP contribution in [-0.2, 0) is 12.7 Å². The zero-order valence-corrected chi connectivity index (χ0v) is 22.4. The van der Waals surface area contributed by atoms with Crippen molar-refractivity contribution in [3.8, 4) is 0 Å². The molecule has 10 heteroatoms. The number of alkyl halides is 3. The summed E-state index contributed by atoms with van der Waals surface area (Å²) in [6.45, 7) is 7.57. The van der Waals surface area contributed by atoms with Crippen LogP contribution in [0.2, 0.25) is 19.6 Å². The highest BCUT2D eigenvalue weighted by Gasteiger charge is 2.33. The summed E-state index contributed by atoms with van der Waals surface area (Å²) in [4.78, 5) is 19.8. The minimum Gasteiger partial charge on any atom is -0.389 e. The van der Waals surface area contributed by atoms with Gasteiger partial charge < -0.3 is 19.9 Å². The number of rotatable bonds is 6. The molecule has 198 valence electrons. The Morgan fingerprint density at radius 2 is 1.82 bits per heavy atom. The second-order valence-corrected chi connectivity index (χ2v) is 15.8. The van der Waals surface area contributed by atoms with Crippen molar-refractivity contribution in [3.05, 3.63) is 83.7 Å². The maximum absolute atomic E-state index is 13.8. The fourth-order valence-corrected chi connectivity index (χ4v) is 5.86. The molecule has 5 rings (SSSR count). The molecule has 2 N–H and O–H groups in total. The lowest BCUT2D eigenvalue weighted by atomic mass is 10.1. The van der Waals surface area contributed by atoms with E-state index in [9.17, 15) is 23.1 Å². The molecule has 6 nitrogen and oxygen atoms in total. The van der Waals surface area contributed by atoms with Crippen molar-refractivity contribution in [2.24, 2.45) is 0 Å². The molecule has 1 aliphatic heterocycles. The lowest BCUT2D eigenvalue weighted by Crippen LogP contribution is -2.51. The summed E-state index contributed by atoms with van der Waals surface area (Å²) in [7, 11) is -1.66. The van der Waals surface area contributed by atoms with Crippen molar-refractivity contribution in [2.75, 3.05) is 23.3 Å². The molecule has 1 fully saturated rings. The van der Waals surface area contributed by atoms with Gasteiger partial charge in [0.1, 0.15) is 11.5 Å². The Bertz CT molecular complexity index is 1490. The van der Waals surface area contributed by atoms with E-state index in [1.54, 1.807) is 28.8 Å². The number of benzene rings is 2. The normalized spacial score (nSPS) is 14.6. The standard InChI is InChI=1S/C28H29F3N4O2Si/c1-38(2,3)22-9-10-24-19(12-22)13-25(35(24)15-18-6-4-5-7-23(18)28(29,30)31)27(37)33-20-8-11-26(32-14-20)34-16-21(36)17-34/h4-14,21,36H,15-17H2,1-3H3,(H,33,37). The molecule has 0 atom stereocenters. The van der Waals surface area contributed by atoms with E-state index in [2.05, 4.69) is 29.9 Å². The number of carbonyl (C=O) groups excluding carboxylic acids is 1. The van der Waals surface area contributed by atoms with E-state index in [4.69, 9.17) is 0 Å². The van der Waals surface area contributed by atoms with Crippen molar-refractivity contribution in [1.82, 2.24) is 9.55 Å². The summed E-state index contributed by atoms with van der Waals surface area (Å²) in [6, 6.07) is 16.6. The Morgan fingerprint density at radius 1 is 1.08 bits per heavy atom. The molecular weight excluding hydrogens is 509 g/mol. The molecule has 1 saturated heterocycles. The van der Waals surface area contributed by atoms with Gasteiger partial charge in [0, 0.05) is 30.5 Å². The monoisotopic (exact) mass is 538 g/mol. The van der Waals surface area contributed by atoms with Gasteiger partial charge in [-0.1, -0.05) is 55.2 Å². The highest BCUT2D eigenvalue weighted by atomic mass is 28.3. The number of nitrogens with zero attached hydrogens (tertiary/aromatic N) is 3. The molecule has 4 aromatic rings. The maximum Gasteiger partial charge on any atom is 0.416 e. The van der Waals surface area contributed by atoms with Crippen molar-refractivity contribution >= 4 is 41.6 Å². The van der Waals surface area contributed by atoms with Gasteiger partial charge in [-0.2, -0.15) is 13.2 Å². The number of anilines is 2. The van der Waals surface area contributed by atoms with Crippen LogP contribution >= 0.6 is 0 Å². The SMILES string of the molecule is C[Si](C)(C)c1ccc2c(c1)cc(C(=O)Nc1ccc(N3CC(O)C3)nc1)n2Cc1ccccc1C(F)(F)F. The summed E-state index contributed by atoms with van der Waals surface area (Å²) in [5.41, 5.74) is 0.792. The summed E-state index contributed by atoms with van der Waals surface area (Å²) < 4.78 is 42.9. The minimum atomic E-state index is -4.51. The Labute approximate surface area is 219 Å². The molecule has 0 spiro atoms. The quantitative estimate of drug-likeness (QED) is 0.336. The van der Waals surface area contributed by atoms with E-state index < -0.39 is 25.7 Å². The van der Waals surface area contributed by atoms with E-state index >= 15 is 0 Å². The first-order valence-corrected chi connectivity index (χ1v) is 15.9. The van der Waals surface area contributed by atoms with Crippen LogP contribution in [0.4, 0.5) is 24.7 Å². The van der Waals surface area contributed by atoms with Gasteiger partial charge in [-0.25, -0.2) is 4.98 Å². The van der Waals surface area contributed by atoms with Crippen LogP contribution in [0.15, 0.2) is 66.9 Å². The second-order valence-electron chi connectivity index (χ2n) is 10.7. The summed E-state index contributed by atoms with van der Waals surface area (Å²) in [5, 5.41) is 14.4. The van der Waals surface area contributed by atoms with Crippen molar-refractivity contribution in [2.45, 2.75) is 38.5 Å². The first kappa shape index (κ1) is 26.0. The predicted octanol–water partition coefficient (Wildman–Crippen LogP) is 5.08. The molecule has 2 aromatic carbocycles. The molecular formula is C28H29F3N4O2Si. The Kier molecular flexibility index (Phi) is 6.56. The highest BCUT2D eigenvalue weighted by Crippen LogP contribution is 2.33. The second kappa shape index (κ2) is 9.59. The molecule has 0 aliphatic carbocycles. The number of aliphatic hydroxyl groups is 1. The first-order chi connectivity index (χ1) is 17.9. The third kappa shape index (κ3) is 5.19. The van der Waals surface area contributed by atoms with Gasteiger partial charge in [-0.15, -0.1) is 0 Å². The number of halogens is 3. The average molecular weight is 539 g/mol. The van der Waals surface area contributed by atoms with Crippen LogP contribution in [0.3, 0.4) is 0 Å². The number of carbonyl (C=O) groups is 1. The summed E-state index contributed by atoms with van der Waals surface area (Å²) >= 11 is 0. The van der Waals surface area contributed by atoms with E-state index in [0.717, 1.165) is 11.5 Å². The van der Waals surface area contributed by atoms with Gasteiger partial charge in [0.15, 0.2) is 0 Å². The van der Waals surface area contributed by atoms with Crippen LogP contribution in [0, 0.1) is 0 Å². The lowest BCUT2D eigenvalue weighted by Gasteiger charge is -2.36. The lowest BCUT2D eigenvalue weighted by molar-refractivity contribution is -0.138. The van der Waals surface area contributed by atoms with Crippen molar-refractivity contribution in [3.63, 3.8) is 0 Å². The number of aliphatic hydroxyl groups excluding tert-OH is 1.